The van der Waals surface area contributed by atoms with Crippen LogP contribution in [0.15, 0.2) is 12.7 Å². The van der Waals surface area contributed by atoms with Gasteiger partial charge in [0.25, 0.3) is 10.2 Å². The Morgan fingerprint density at radius 3 is 2.25 bits per heavy atom. The SMILES string of the molecule is C=CCNS(=O)(=O)N(CC)CC. The molecule has 0 aliphatic heterocycles. The maximum atomic E-state index is 11.3. The molecule has 5 heteroatoms. The van der Waals surface area contributed by atoms with Crippen LogP contribution in [0.2, 0.25) is 0 Å². The highest BCUT2D eigenvalue weighted by atomic mass is 32.2. The fraction of sp³-hybridized carbons (Fsp3) is 0.714. The molecule has 72 valence electrons. The van der Waals surface area contributed by atoms with Gasteiger partial charge in [-0.25, -0.2) is 0 Å². The molecule has 0 aromatic carbocycles. The van der Waals surface area contributed by atoms with E-state index in [4.69, 9.17) is 0 Å². The average Bonchev–Trinajstić information content (AvgIpc) is 2.03. The molecule has 12 heavy (non-hydrogen) atoms. The Kier molecular flexibility index (Phi) is 5.12. The van der Waals surface area contributed by atoms with Crippen LogP contribution in [0.25, 0.3) is 0 Å². The van der Waals surface area contributed by atoms with Gasteiger partial charge in [0.1, 0.15) is 0 Å². The topological polar surface area (TPSA) is 49.4 Å². The second-order valence-corrected chi connectivity index (χ2v) is 3.98. The molecule has 0 aromatic rings. The van der Waals surface area contributed by atoms with Gasteiger partial charge in [0, 0.05) is 19.6 Å². The summed E-state index contributed by atoms with van der Waals surface area (Å²) in [6, 6.07) is 0. The Hall–Kier alpha value is -0.390. The highest BCUT2D eigenvalue weighted by Gasteiger charge is 2.16. The second kappa shape index (κ2) is 5.29. The molecule has 0 radical (unpaired) electrons. The van der Waals surface area contributed by atoms with Crippen LogP contribution in [0.5, 0.6) is 0 Å². The van der Waals surface area contributed by atoms with Crippen LogP contribution in [0.4, 0.5) is 0 Å². The van der Waals surface area contributed by atoms with Crippen molar-refractivity contribution >= 4 is 10.2 Å². The summed E-state index contributed by atoms with van der Waals surface area (Å²) in [7, 11) is -3.27. The fourth-order valence-electron chi connectivity index (χ4n) is 0.819. The molecule has 0 heterocycles. The molecule has 0 saturated heterocycles. The van der Waals surface area contributed by atoms with Gasteiger partial charge in [-0.2, -0.15) is 17.4 Å². The lowest BCUT2D eigenvalue weighted by Crippen LogP contribution is -2.40. The molecular formula is C7H16N2O2S. The third-order valence-corrected chi connectivity index (χ3v) is 3.18. The first-order valence-electron chi connectivity index (χ1n) is 3.94. The van der Waals surface area contributed by atoms with E-state index in [1.807, 2.05) is 0 Å². The van der Waals surface area contributed by atoms with Crippen LogP contribution in [0.1, 0.15) is 13.8 Å². The molecule has 0 aliphatic rings. The van der Waals surface area contributed by atoms with Crippen LogP contribution in [-0.2, 0) is 10.2 Å². The Balaban J connectivity index is 4.26. The molecule has 4 nitrogen and oxygen atoms in total. The summed E-state index contributed by atoms with van der Waals surface area (Å²) in [6.45, 7) is 8.29. The van der Waals surface area contributed by atoms with Gasteiger partial charge in [-0.1, -0.05) is 19.9 Å². The normalized spacial score (nSPS) is 11.9. The van der Waals surface area contributed by atoms with E-state index >= 15 is 0 Å². The fourth-order valence-corrected chi connectivity index (χ4v) is 2.01. The molecule has 0 fully saturated rings. The van der Waals surface area contributed by atoms with Crippen molar-refractivity contribution in [1.82, 2.24) is 9.03 Å². The van der Waals surface area contributed by atoms with Crippen molar-refractivity contribution in [2.24, 2.45) is 0 Å². The molecule has 0 rings (SSSR count). The predicted octanol–water partition coefficient (Wildman–Crippen LogP) is 0.349. The first-order valence-corrected chi connectivity index (χ1v) is 5.38. The molecule has 0 unspecified atom stereocenters. The summed E-state index contributed by atoms with van der Waals surface area (Å²) in [4.78, 5) is 0. The molecule has 0 amide bonds. The third-order valence-electron chi connectivity index (χ3n) is 1.46. The first kappa shape index (κ1) is 11.6. The van der Waals surface area contributed by atoms with E-state index in [1.165, 1.54) is 10.4 Å². The molecule has 0 spiro atoms. The smallest absolute Gasteiger partial charge is 0.198 e. The van der Waals surface area contributed by atoms with Gasteiger partial charge in [0.15, 0.2) is 0 Å². The van der Waals surface area contributed by atoms with Crippen LogP contribution in [-0.4, -0.2) is 32.4 Å². The standard InChI is InChI=1S/C7H16N2O2S/c1-4-7-8-12(10,11)9(5-2)6-3/h4,8H,1,5-7H2,2-3H3. The number of hydrogen-bond acceptors (Lipinski definition) is 2. The van der Waals surface area contributed by atoms with E-state index in [0.717, 1.165) is 0 Å². The van der Waals surface area contributed by atoms with Gasteiger partial charge in [0.2, 0.25) is 0 Å². The summed E-state index contributed by atoms with van der Waals surface area (Å²) >= 11 is 0. The van der Waals surface area contributed by atoms with Gasteiger partial charge < -0.3 is 0 Å². The lowest BCUT2D eigenvalue weighted by Gasteiger charge is -2.17. The van der Waals surface area contributed by atoms with Gasteiger partial charge in [-0.3, -0.25) is 0 Å². The quantitative estimate of drug-likeness (QED) is 0.617. The van der Waals surface area contributed by atoms with Crippen molar-refractivity contribution in [3.8, 4) is 0 Å². The largest absolute Gasteiger partial charge is 0.279 e. The van der Waals surface area contributed by atoms with E-state index in [1.54, 1.807) is 13.8 Å². The minimum Gasteiger partial charge on any atom is -0.198 e. The van der Waals surface area contributed by atoms with Crippen LogP contribution in [0, 0.1) is 0 Å². The minimum absolute atomic E-state index is 0.277. The summed E-state index contributed by atoms with van der Waals surface area (Å²) in [5.41, 5.74) is 0. The van der Waals surface area contributed by atoms with E-state index < -0.39 is 10.2 Å². The minimum atomic E-state index is -3.27. The van der Waals surface area contributed by atoms with E-state index in [2.05, 4.69) is 11.3 Å². The Morgan fingerprint density at radius 1 is 1.42 bits per heavy atom. The number of hydrogen-bond donors (Lipinski definition) is 1. The van der Waals surface area contributed by atoms with Gasteiger partial charge in [-0.05, 0) is 0 Å². The highest BCUT2D eigenvalue weighted by molar-refractivity contribution is 7.87. The molecule has 0 saturated carbocycles. The maximum absolute atomic E-state index is 11.3. The molecule has 0 aromatic heterocycles. The van der Waals surface area contributed by atoms with Crippen molar-refractivity contribution in [3.05, 3.63) is 12.7 Å². The predicted molar refractivity (Wildman–Crippen MR) is 50.0 cm³/mol. The number of nitrogens with zero attached hydrogens (tertiary/aromatic N) is 1. The van der Waals surface area contributed by atoms with E-state index in [9.17, 15) is 8.42 Å². The first-order chi connectivity index (χ1) is 5.58. The molecular weight excluding hydrogens is 176 g/mol. The van der Waals surface area contributed by atoms with Crippen molar-refractivity contribution in [3.63, 3.8) is 0 Å². The Morgan fingerprint density at radius 2 is 1.92 bits per heavy atom. The lowest BCUT2D eigenvalue weighted by molar-refractivity contribution is 0.437. The number of nitrogens with one attached hydrogen (secondary N) is 1. The zero-order valence-corrected chi connectivity index (χ0v) is 8.39. The van der Waals surface area contributed by atoms with E-state index in [0.29, 0.717) is 13.1 Å². The average molecular weight is 192 g/mol. The maximum Gasteiger partial charge on any atom is 0.279 e. The summed E-state index contributed by atoms with van der Waals surface area (Å²) in [5, 5.41) is 0. The molecule has 0 atom stereocenters. The molecule has 0 aliphatic carbocycles. The van der Waals surface area contributed by atoms with Crippen molar-refractivity contribution in [2.45, 2.75) is 13.8 Å². The van der Waals surface area contributed by atoms with Crippen LogP contribution < -0.4 is 4.72 Å². The van der Waals surface area contributed by atoms with Gasteiger partial charge in [-0.15, -0.1) is 6.58 Å². The Labute approximate surface area is 74.4 Å². The summed E-state index contributed by atoms with van der Waals surface area (Å²) in [6.07, 6.45) is 1.51. The van der Waals surface area contributed by atoms with Crippen LogP contribution >= 0.6 is 0 Å². The van der Waals surface area contributed by atoms with Gasteiger partial charge >= 0.3 is 0 Å². The van der Waals surface area contributed by atoms with Crippen molar-refractivity contribution in [2.75, 3.05) is 19.6 Å². The summed E-state index contributed by atoms with van der Waals surface area (Å²) in [5.74, 6) is 0. The summed E-state index contributed by atoms with van der Waals surface area (Å²) < 4.78 is 26.4. The van der Waals surface area contributed by atoms with Gasteiger partial charge in [0.05, 0.1) is 0 Å². The zero-order valence-electron chi connectivity index (χ0n) is 7.58. The second-order valence-electron chi connectivity index (χ2n) is 2.23. The molecule has 1 N–H and O–H groups in total. The van der Waals surface area contributed by atoms with Crippen molar-refractivity contribution < 1.29 is 8.42 Å². The van der Waals surface area contributed by atoms with E-state index in [-0.39, 0.29) is 6.54 Å². The van der Waals surface area contributed by atoms with Crippen molar-refractivity contribution in [1.29, 1.82) is 0 Å². The molecule has 0 bridgehead atoms. The monoisotopic (exact) mass is 192 g/mol. The Bertz CT molecular complexity index is 220. The third kappa shape index (κ3) is 3.34. The lowest BCUT2D eigenvalue weighted by atomic mass is 10.7. The number of rotatable bonds is 6. The van der Waals surface area contributed by atoms with Crippen LogP contribution in [0.3, 0.4) is 0 Å². The highest BCUT2D eigenvalue weighted by Crippen LogP contribution is 1.95. The zero-order chi connectivity index (χ0) is 9.61.